The number of halogens is 4. The Kier molecular flexibility index (Phi) is 4.29. The molecule has 0 amide bonds. The molecule has 0 saturated carbocycles. The fourth-order valence-electron chi connectivity index (χ4n) is 2.61. The van der Waals surface area contributed by atoms with E-state index in [1.165, 1.54) is 0 Å². The van der Waals surface area contributed by atoms with E-state index in [4.69, 9.17) is 4.74 Å². The zero-order chi connectivity index (χ0) is 17.3. The molecule has 1 unspecified atom stereocenters. The highest BCUT2D eigenvalue weighted by Gasteiger charge is 2.33. The van der Waals surface area contributed by atoms with Gasteiger partial charge in [-0.3, -0.25) is 4.98 Å². The number of aromatic nitrogens is 2. The predicted octanol–water partition coefficient (Wildman–Crippen LogP) is 3.60. The first-order valence-electron chi connectivity index (χ1n) is 7.39. The van der Waals surface area contributed by atoms with Gasteiger partial charge in [-0.15, -0.1) is 0 Å². The molecule has 0 N–H and O–H groups in total. The molecular weight excluding hydrogens is 326 g/mol. The molecule has 4 nitrogen and oxygen atoms in total. The van der Waals surface area contributed by atoms with Crippen LogP contribution in [0.15, 0.2) is 30.7 Å². The van der Waals surface area contributed by atoms with Gasteiger partial charge in [-0.1, -0.05) is 0 Å². The molecule has 128 valence electrons. The highest BCUT2D eigenvalue weighted by molar-refractivity contribution is 5.43. The Hall–Kier alpha value is -2.38. The summed E-state index contributed by atoms with van der Waals surface area (Å²) in [6, 6.07) is 2.22. The molecule has 2 aromatic rings. The van der Waals surface area contributed by atoms with Crippen molar-refractivity contribution in [1.29, 1.82) is 0 Å². The molecule has 3 heterocycles. The third-order valence-corrected chi connectivity index (χ3v) is 3.86. The minimum Gasteiger partial charge on any atom is -0.488 e. The van der Waals surface area contributed by atoms with Crippen molar-refractivity contribution in [2.45, 2.75) is 25.6 Å². The summed E-state index contributed by atoms with van der Waals surface area (Å²) in [5.41, 5.74) is -0.210. The highest BCUT2D eigenvalue weighted by atomic mass is 19.4. The molecule has 1 atom stereocenters. The molecule has 0 spiro atoms. The van der Waals surface area contributed by atoms with Crippen LogP contribution in [0, 0.1) is 12.7 Å². The number of aryl methyl sites for hydroxylation is 1. The fraction of sp³-hybridized carbons (Fsp3) is 0.375. The summed E-state index contributed by atoms with van der Waals surface area (Å²) < 4.78 is 57.6. The second-order valence-corrected chi connectivity index (χ2v) is 5.64. The van der Waals surface area contributed by atoms with E-state index in [0.717, 1.165) is 5.56 Å². The van der Waals surface area contributed by atoms with Gasteiger partial charge in [0, 0.05) is 37.1 Å². The van der Waals surface area contributed by atoms with Crippen LogP contribution in [0.5, 0.6) is 5.75 Å². The van der Waals surface area contributed by atoms with Crippen LogP contribution >= 0.6 is 0 Å². The molecular formula is C16H15F4N3O. The van der Waals surface area contributed by atoms with E-state index in [1.807, 2.05) is 6.92 Å². The average Bonchev–Trinajstić information content (AvgIpc) is 2.97. The van der Waals surface area contributed by atoms with Gasteiger partial charge < -0.3 is 9.64 Å². The normalized spacial score (nSPS) is 18.0. The SMILES string of the molecule is Cc1cnccc1OC1CCN(c2ncc(C(F)(F)F)cc2F)C1. The summed E-state index contributed by atoms with van der Waals surface area (Å²) in [5.74, 6) is -0.371. The lowest BCUT2D eigenvalue weighted by Crippen LogP contribution is -2.26. The second kappa shape index (κ2) is 6.26. The zero-order valence-electron chi connectivity index (χ0n) is 12.8. The molecule has 2 aromatic heterocycles. The van der Waals surface area contributed by atoms with Crippen molar-refractivity contribution >= 4 is 5.82 Å². The molecule has 3 rings (SSSR count). The Balaban J connectivity index is 1.71. The Labute approximate surface area is 136 Å². The van der Waals surface area contributed by atoms with Gasteiger partial charge in [-0.05, 0) is 19.1 Å². The van der Waals surface area contributed by atoms with Gasteiger partial charge in [0.25, 0.3) is 0 Å². The maximum atomic E-state index is 14.0. The van der Waals surface area contributed by atoms with Crippen LogP contribution in [-0.4, -0.2) is 29.2 Å². The van der Waals surface area contributed by atoms with E-state index in [-0.39, 0.29) is 11.9 Å². The van der Waals surface area contributed by atoms with Crippen molar-refractivity contribution in [3.8, 4) is 5.75 Å². The second-order valence-electron chi connectivity index (χ2n) is 5.64. The molecule has 24 heavy (non-hydrogen) atoms. The summed E-state index contributed by atoms with van der Waals surface area (Å²) in [4.78, 5) is 9.22. The van der Waals surface area contributed by atoms with Crippen LogP contribution in [0.3, 0.4) is 0 Å². The molecule has 0 radical (unpaired) electrons. The number of hydrogen-bond acceptors (Lipinski definition) is 4. The number of nitrogens with zero attached hydrogens (tertiary/aromatic N) is 3. The van der Waals surface area contributed by atoms with E-state index in [1.54, 1.807) is 23.4 Å². The van der Waals surface area contributed by atoms with Crippen LogP contribution in [0.1, 0.15) is 17.5 Å². The molecule has 1 aliphatic heterocycles. The third-order valence-electron chi connectivity index (χ3n) is 3.86. The standard InChI is InChI=1S/C16H15F4N3O/c1-10-7-21-4-2-14(10)24-12-3-5-23(9-12)15-13(17)6-11(8-22-15)16(18,19)20/h2,4,6-8,12H,3,5,9H2,1H3. The smallest absolute Gasteiger partial charge is 0.417 e. The Morgan fingerprint density at radius 2 is 2.08 bits per heavy atom. The van der Waals surface area contributed by atoms with Crippen LogP contribution in [0.25, 0.3) is 0 Å². The molecule has 8 heteroatoms. The lowest BCUT2D eigenvalue weighted by molar-refractivity contribution is -0.138. The number of rotatable bonds is 3. The van der Waals surface area contributed by atoms with Crippen LogP contribution in [0.2, 0.25) is 0 Å². The lowest BCUT2D eigenvalue weighted by Gasteiger charge is -2.19. The first-order chi connectivity index (χ1) is 11.3. The Bertz CT molecular complexity index is 736. The average molecular weight is 341 g/mol. The zero-order valence-corrected chi connectivity index (χ0v) is 12.8. The van der Waals surface area contributed by atoms with Crippen molar-refractivity contribution in [3.63, 3.8) is 0 Å². The van der Waals surface area contributed by atoms with Crippen LogP contribution in [0.4, 0.5) is 23.4 Å². The van der Waals surface area contributed by atoms with Gasteiger partial charge in [0.2, 0.25) is 0 Å². The van der Waals surface area contributed by atoms with E-state index < -0.39 is 17.6 Å². The fourth-order valence-corrected chi connectivity index (χ4v) is 2.61. The lowest BCUT2D eigenvalue weighted by atomic mass is 10.2. The summed E-state index contributed by atoms with van der Waals surface area (Å²) in [7, 11) is 0. The summed E-state index contributed by atoms with van der Waals surface area (Å²) in [6.07, 6.45) is -0.217. The molecule has 0 aliphatic carbocycles. The number of ether oxygens (including phenoxy) is 1. The summed E-state index contributed by atoms with van der Waals surface area (Å²) >= 11 is 0. The topological polar surface area (TPSA) is 38.2 Å². The molecule has 0 bridgehead atoms. The van der Waals surface area contributed by atoms with Gasteiger partial charge in [0.05, 0.1) is 12.1 Å². The third kappa shape index (κ3) is 3.42. The first-order valence-corrected chi connectivity index (χ1v) is 7.39. The van der Waals surface area contributed by atoms with Gasteiger partial charge in [-0.2, -0.15) is 13.2 Å². The Morgan fingerprint density at radius 3 is 2.75 bits per heavy atom. The van der Waals surface area contributed by atoms with Crippen LogP contribution in [-0.2, 0) is 6.18 Å². The van der Waals surface area contributed by atoms with Crippen molar-refractivity contribution in [2.75, 3.05) is 18.0 Å². The first kappa shape index (κ1) is 16.5. The maximum absolute atomic E-state index is 14.0. The van der Waals surface area contributed by atoms with Gasteiger partial charge in [0.15, 0.2) is 11.6 Å². The summed E-state index contributed by atoms with van der Waals surface area (Å²) in [6.45, 7) is 2.69. The Morgan fingerprint density at radius 1 is 1.29 bits per heavy atom. The number of anilines is 1. The maximum Gasteiger partial charge on any atom is 0.417 e. The van der Waals surface area contributed by atoms with Crippen molar-refractivity contribution in [3.05, 3.63) is 47.7 Å². The number of pyridine rings is 2. The minimum absolute atomic E-state index is 0.0828. The van der Waals surface area contributed by atoms with E-state index >= 15 is 0 Å². The van der Waals surface area contributed by atoms with Gasteiger partial charge in [-0.25, -0.2) is 9.37 Å². The predicted molar refractivity (Wildman–Crippen MR) is 79.4 cm³/mol. The summed E-state index contributed by atoms with van der Waals surface area (Å²) in [5, 5.41) is 0. The largest absolute Gasteiger partial charge is 0.488 e. The van der Waals surface area contributed by atoms with E-state index in [9.17, 15) is 17.6 Å². The van der Waals surface area contributed by atoms with Gasteiger partial charge in [0.1, 0.15) is 11.9 Å². The monoisotopic (exact) mass is 341 g/mol. The van der Waals surface area contributed by atoms with Crippen LogP contribution < -0.4 is 9.64 Å². The number of alkyl halides is 3. The minimum atomic E-state index is -4.61. The quantitative estimate of drug-likeness (QED) is 0.800. The van der Waals surface area contributed by atoms with E-state index in [2.05, 4.69) is 9.97 Å². The molecule has 1 fully saturated rings. The molecule has 1 saturated heterocycles. The number of hydrogen-bond donors (Lipinski definition) is 0. The van der Waals surface area contributed by atoms with Crippen molar-refractivity contribution < 1.29 is 22.3 Å². The van der Waals surface area contributed by atoms with Gasteiger partial charge >= 0.3 is 6.18 Å². The van der Waals surface area contributed by atoms with E-state index in [0.29, 0.717) is 37.5 Å². The molecule has 1 aliphatic rings. The van der Waals surface area contributed by atoms with Crippen molar-refractivity contribution in [1.82, 2.24) is 9.97 Å². The highest BCUT2D eigenvalue weighted by Crippen LogP contribution is 2.32. The van der Waals surface area contributed by atoms with Crippen molar-refractivity contribution in [2.24, 2.45) is 0 Å². The molecule has 0 aromatic carbocycles.